The fraction of sp³-hybridized carbons (Fsp3) is 0.529. The zero-order valence-corrected chi connectivity index (χ0v) is 14.3. The molecule has 0 amide bonds. The third-order valence-electron chi connectivity index (χ3n) is 3.84. The summed E-state index contributed by atoms with van der Waals surface area (Å²) in [5, 5.41) is 1.91. The lowest BCUT2D eigenvalue weighted by molar-refractivity contribution is -0.205. The maximum atomic E-state index is 13.8. The van der Waals surface area contributed by atoms with E-state index in [0.29, 0.717) is 31.0 Å². The van der Waals surface area contributed by atoms with Crippen molar-refractivity contribution < 1.29 is 18.8 Å². The van der Waals surface area contributed by atoms with Gasteiger partial charge in [-0.2, -0.15) is 0 Å². The number of ketones is 1. The second kappa shape index (κ2) is 6.97. The summed E-state index contributed by atoms with van der Waals surface area (Å²) in [6, 6.07) is 3.99. The highest BCUT2D eigenvalue weighted by Gasteiger charge is 2.31. The molecule has 1 heterocycles. The zero-order chi connectivity index (χ0) is 17.2. The molecule has 1 saturated heterocycles. The van der Waals surface area contributed by atoms with E-state index in [1.165, 1.54) is 18.2 Å². The van der Waals surface area contributed by atoms with Gasteiger partial charge in [-0.3, -0.25) is 4.79 Å². The fourth-order valence-electron chi connectivity index (χ4n) is 2.37. The van der Waals surface area contributed by atoms with Crippen LogP contribution in [-0.2, 0) is 9.63 Å². The minimum absolute atomic E-state index is 0.0302. The maximum Gasteiger partial charge on any atom is 0.330 e. The lowest BCUT2D eigenvalue weighted by Gasteiger charge is -2.31. The average molecular weight is 342 g/mol. The van der Waals surface area contributed by atoms with Crippen molar-refractivity contribution in [3.05, 3.63) is 34.6 Å². The molecule has 23 heavy (non-hydrogen) atoms. The van der Waals surface area contributed by atoms with E-state index in [9.17, 15) is 14.0 Å². The van der Waals surface area contributed by atoms with Crippen LogP contribution in [0.5, 0.6) is 0 Å². The lowest BCUT2D eigenvalue weighted by atomic mass is 9.89. The molecule has 1 aliphatic rings. The minimum atomic E-state index is -0.573. The van der Waals surface area contributed by atoms with Gasteiger partial charge in [-0.25, -0.2) is 9.18 Å². The number of carbonyl (C=O) groups excluding carboxylic acids is 2. The fourth-order valence-corrected chi connectivity index (χ4v) is 2.54. The third-order valence-corrected chi connectivity index (χ3v) is 4.08. The van der Waals surface area contributed by atoms with Gasteiger partial charge in [0.2, 0.25) is 0 Å². The van der Waals surface area contributed by atoms with Gasteiger partial charge in [-0.1, -0.05) is 11.6 Å². The largest absolute Gasteiger partial charge is 0.367 e. The van der Waals surface area contributed by atoms with Gasteiger partial charge in [-0.05, 0) is 51.8 Å². The third kappa shape index (κ3) is 4.52. The monoisotopic (exact) mass is 341 g/mol. The smallest absolute Gasteiger partial charge is 0.330 e. The maximum absolute atomic E-state index is 13.8. The number of benzene rings is 1. The summed E-state index contributed by atoms with van der Waals surface area (Å²) in [6.45, 7) is 6.27. The number of piperidine rings is 1. The molecule has 0 N–H and O–H groups in total. The molecule has 0 aromatic heterocycles. The summed E-state index contributed by atoms with van der Waals surface area (Å²) in [7, 11) is 0. The first kappa shape index (κ1) is 17.9. The first-order valence-electron chi connectivity index (χ1n) is 7.65. The number of rotatable bonds is 3. The van der Waals surface area contributed by atoms with Crippen LogP contribution in [-0.4, -0.2) is 29.9 Å². The van der Waals surface area contributed by atoms with Gasteiger partial charge in [0, 0.05) is 24.0 Å². The van der Waals surface area contributed by atoms with E-state index < -0.39 is 11.2 Å². The van der Waals surface area contributed by atoms with Crippen molar-refractivity contribution >= 4 is 23.4 Å². The number of hydrogen-bond acceptors (Lipinski definition) is 4. The van der Waals surface area contributed by atoms with Crippen molar-refractivity contribution in [2.45, 2.75) is 33.6 Å². The van der Waals surface area contributed by atoms with Crippen LogP contribution in [0.3, 0.4) is 0 Å². The normalized spacial score (nSPS) is 17.1. The number of hydroxylamine groups is 2. The highest BCUT2D eigenvalue weighted by atomic mass is 35.5. The Hall–Kier alpha value is -1.46. The van der Waals surface area contributed by atoms with Crippen LogP contribution in [0.4, 0.5) is 4.39 Å². The number of Topliss-reactive ketones (excluding diaryl/α,β-unsaturated/α-hetero) is 1. The van der Waals surface area contributed by atoms with Crippen LogP contribution in [0.2, 0.25) is 5.02 Å². The zero-order valence-electron chi connectivity index (χ0n) is 13.6. The molecule has 1 aromatic carbocycles. The quantitative estimate of drug-likeness (QED) is 0.783. The van der Waals surface area contributed by atoms with Gasteiger partial charge in [0.1, 0.15) is 5.82 Å². The lowest BCUT2D eigenvalue weighted by Crippen LogP contribution is -2.40. The molecule has 1 aromatic rings. The van der Waals surface area contributed by atoms with Crippen molar-refractivity contribution in [3.8, 4) is 0 Å². The number of hydrogen-bond donors (Lipinski definition) is 0. The molecule has 0 radical (unpaired) electrons. The van der Waals surface area contributed by atoms with E-state index >= 15 is 0 Å². The van der Waals surface area contributed by atoms with Gasteiger partial charge >= 0.3 is 5.97 Å². The Balaban J connectivity index is 1.95. The number of halogens is 2. The number of carbonyl (C=O) groups is 2. The van der Waals surface area contributed by atoms with Crippen molar-refractivity contribution in [3.63, 3.8) is 0 Å². The molecule has 2 rings (SSSR count). The predicted molar refractivity (Wildman–Crippen MR) is 85.6 cm³/mol. The Morgan fingerprint density at radius 3 is 2.43 bits per heavy atom. The van der Waals surface area contributed by atoms with E-state index in [1.54, 1.807) is 25.8 Å². The summed E-state index contributed by atoms with van der Waals surface area (Å²) in [6.07, 6.45) is 1.03. The second-order valence-corrected chi connectivity index (χ2v) is 7.26. The van der Waals surface area contributed by atoms with Crippen LogP contribution < -0.4 is 0 Å². The molecule has 0 atom stereocenters. The molecule has 0 unspecified atom stereocenters. The minimum Gasteiger partial charge on any atom is -0.367 e. The van der Waals surface area contributed by atoms with Crippen LogP contribution in [0.1, 0.15) is 44.0 Å². The van der Waals surface area contributed by atoms with Crippen LogP contribution in [0, 0.1) is 17.2 Å². The first-order valence-corrected chi connectivity index (χ1v) is 8.03. The average Bonchev–Trinajstić information content (AvgIpc) is 2.49. The van der Waals surface area contributed by atoms with E-state index in [1.807, 2.05) is 0 Å². The van der Waals surface area contributed by atoms with Gasteiger partial charge < -0.3 is 4.84 Å². The standard InChI is InChI=1S/C17H21ClFNO3/c1-17(2,3)16(22)23-20-8-6-11(7-9-20)15(21)13-10-12(18)4-5-14(13)19/h4-5,10-11H,6-9H2,1-3H3. The molecular weight excluding hydrogens is 321 g/mol. The molecule has 0 saturated carbocycles. The van der Waals surface area contributed by atoms with Crippen LogP contribution in [0.25, 0.3) is 0 Å². The summed E-state index contributed by atoms with van der Waals surface area (Å²) >= 11 is 5.84. The Morgan fingerprint density at radius 2 is 1.87 bits per heavy atom. The molecular formula is C17H21ClFNO3. The predicted octanol–water partition coefficient (Wildman–Crippen LogP) is 3.88. The molecule has 0 spiro atoms. The Bertz CT molecular complexity index is 604. The van der Waals surface area contributed by atoms with Crippen LogP contribution in [0.15, 0.2) is 18.2 Å². The molecule has 126 valence electrons. The van der Waals surface area contributed by atoms with Crippen LogP contribution >= 0.6 is 11.6 Å². The van der Waals surface area contributed by atoms with Gasteiger partial charge in [0.05, 0.1) is 11.0 Å². The van der Waals surface area contributed by atoms with E-state index in [-0.39, 0.29) is 23.2 Å². The van der Waals surface area contributed by atoms with Crippen molar-refractivity contribution in [1.82, 2.24) is 5.06 Å². The Kier molecular flexibility index (Phi) is 5.42. The summed E-state index contributed by atoms with van der Waals surface area (Å²) in [5.74, 6) is -1.39. The Labute approximate surface area is 140 Å². The topological polar surface area (TPSA) is 46.6 Å². The summed E-state index contributed by atoms with van der Waals surface area (Å²) < 4.78 is 13.8. The highest BCUT2D eigenvalue weighted by Crippen LogP contribution is 2.26. The number of nitrogens with zero attached hydrogens (tertiary/aromatic N) is 1. The second-order valence-electron chi connectivity index (χ2n) is 6.82. The van der Waals surface area contributed by atoms with Gasteiger partial charge in [0.25, 0.3) is 0 Å². The van der Waals surface area contributed by atoms with Crippen molar-refractivity contribution in [2.75, 3.05) is 13.1 Å². The molecule has 4 nitrogen and oxygen atoms in total. The summed E-state index contributed by atoms with van der Waals surface area (Å²) in [4.78, 5) is 29.6. The van der Waals surface area contributed by atoms with Gasteiger partial charge in [-0.15, -0.1) is 5.06 Å². The molecule has 1 aliphatic heterocycles. The Morgan fingerprint density at radius 1 is 1.26 bits per heavy atom. The summed E-state index contributed by atoms with van der Waals surface area (Å²) in [5.41, 5.74) is -0.543. The van der Waals surface area contributed by atoms with Crippen molar-refractivity contribution in [1.29, 1.82) is 0 Å². The van der Waals surface area contributed by atoms with E-state index in [0.717, 1.165) is 0 Å². The van der Waals surface area contributed by atoms with E-state index in [2.05, 4.69) is 0 Å². The molecule has 1 fully saturated rings. The molecule has 6 heteroatoms. The molecule has 0 bridgehead atoms. The van der Waals surface area contributed by atoms with Crippen molar-refractivity contribution in [2.24, 2.45) is 11.3 Å². The molecule has 0 aliphatic carbocycles. The first-order chi connectivity index (χ1) is 10.7. The van der Waals surface area contributed by atoms with E-state index in [4.69, 9.17) is 16.4 Å². The van der Waals surface area contributed by atoms with Gasteiger partial charge in [0.15, 0.2) is 5.78 Å². The SMILES string of the molecule is CC(C)(C)C(=O)ON1CCC(C(=O)c2cc(Cl)ccc2F)CC1. The highest BCUT2D eigenvalue weighted by molar-refractivity contribution is 6.31.